The second-order valence-corrected chi connectivity index (χ2v) is 9.27. The van der Waals surface area contributed by atoms with E-state index in [2.05, 4.69) is 26.1 Å². The summed E-state index contributed by atoms with van der Waals surface area (Å²) in [5.74, 6) is -0.636. The molecule has 1 fully saturated rings. The highest BCUT2D eigenvalue weighted by atomic mass is 79.9. The summed E-state index contributed by atoms with van der Waals surface area (Å²) < 4.78 is 40.5. The van der Waals surface area contributed by atoms with Crippen LogP contribution < -0.4 is 5.32 Å². The standard InChI is InChI=1S/C22H23BrClF3N2O/c1-21(2,29-11-3-4-12-29)19(14-7-5-8-15(23)13-14)28-20(30)16-9-6-10-17(18(16)24)22(25,26)27/h5-10,13,19H,3-4,11-12H2,1-2H3,(H,28,30). The minimum absolute atomic E-state index is 0.191. The zero-order chi connectivity index (χ0) is 22.1. The van der Waals surface area contributed by atoms with Crippen molar-refractivity contribution in [3.63, 3.8) is 0 Å². The second kappa shape index (κ2) is 8.89. The first-order valence-corrected chi connectivity index (χ1v) is 10.9. The van der Waals surface area contributed by atoms with Gasteiger partial charge in [0.25, 0.3) is 5.91 Å². The van der Waals surface area contributed by atoms with Crippen LogP contribution in [0.15, 0.2) is 46.9 Å². The molecule has 0 spiro atoms. The summed E-state index contributed by atoms with van der Waals surface area (Å²) >= 11 is 9.45. The molecule has 1 unspecified atom stereocenters. The number of nitrogens with zero attached hydrogens (tertiary/aromatic N) is 1. The number of likely N-dealkylation sites (tertiary alicyclic amines) is 1. The predicted octanol–water partition coefficient (Wildman–Crippen LogP) is 6.47. The molecule has 3 rings (SSSR count). The van der Waals surface area contributed by atoms with Gasteiger partial charge < -0.3 is 5.32 Å². The van der Waals surface area contributed by atoms with E-state index in [0.29, 0.717) is 0 Å². The number of alkyl halides is 3. The molecule has 1 saturated heterocycles. The largest absolute Gasteiger partial charge is 0.417 e. The Hall–Kier alpha value is -1.57. The van der Waals surface area contributed by atoms with Crippen molar-refractivity contribution in [2.75, 3.05) is 13.1 Å². The fourth-order valence-electron chi connectivity index (χ4n) is 3.97. The lowest BCUT2D eigenvalue weighted by Gasteiger charge is -2.42. The van der Waals surface area contributed by atoms with Gasteiger partial charge >= 0.3 is 6.18 Å². The number of hydrogen-bond acceptors (Lipinski definition) is 2. The van der Waals surface area contributed by atoms with Gasteiger partial charge in [-0.1, -0.05) is 45.7 Å². The molecule has 1 atom stereocenters. The molecule has 1 aliphatic heterocycles. The lowest BCUT2D eigenvalue weighted by atomic mass is 9.86. The number of carbonyl (C=O) groups is 1. The van der Waals surface area contributed by atoms with Crippen molar-refractivity contribution in [3.8, 4) is 0 Å². The molecule has 0 bridgehead atoms. The van der Waals surface area contributed by atoms with Crippen LogP contribution in [0.25, 0.3) is 0 Å². The lowest BCUT2D eigenvalue weighted by molar-refractivity contribution is -0.137. The van der Waals surface area contributed by atoms with Crippen molar-refractivity contribution in [1.29, 1.82) is 0 Å². The van der Waals surface area contributed by atoms with Gasteiger partial charge in [-0.25, -0.2) is 0 Å². The van der Waals surface area contributed by atoms with Gasteiger partial charge in [-0.05, 0) is 69.6 Å². The fraction of sp³-hybridized carbons (Fsp3) is 0.409. The van der Waals surface area contributed by atoms with Crippen LogP contribution >= 0.6 is 27.5 Å². The Morgan fingerprint density at radius 1 is 1.13 bits per heavy atom. The fourth-order valence-corrected chi connectivity index (χ4v) is 4.70. The number of hydrogen-bond donors (Lipinski definition) is 1. The van der Waals surface area contributed by atoms with E-state index in [1.165, 1.54) is 12.1 Å². The van der Waals surface area contributed by atoms with Crippen LogP contribution in [0.5, 0.6) is 0 Å². The molecule has 0 saturated carbocycles. The molecule has 0 radical (unpaired) electrons. The van der Waals surface area contributed by atoms with Crippen LogP contribution in [0.3, 0.4) is 0 Å². The lowest BCUT2D eigenvalue weighted by Crippen LogP contribution is -2.52. The molecule has 30 heavy (non-hydrogen) atoms. The number of benzene rings is 2. The SMILES string of the molecule is CC(C)(C(NC(=O)c1cccc(C(F)(F)F)c1Cl)c1cccc(Br)c1)N1CCCC1. The second-order valence-electron chi connectivity index (χ2n) is 7.97. The average molecular weight is 504 g/mol. The molecule has 1 heterocycles. The van der Waals surface area contributed by atoms with Gasteiger partial charge in [0.1, 0.15) is 0 Å². The molecule has 0 aliphatic carbocycles. The minimum atomic E-state index is -4.63. The van der Waals surface area contributed by atoms with Crippen molar-refractivity contribution in [3.05, 3.63) is 68.7 Å². The molecular formula is C22H23BrClF3N2O. The van der Waals surface area contributed by atoms with E-state index in [4.69, 9.17) is 11.6 Å². The highest BCUT2D eigenvalue weighted by Crippen LogP contribution is 2.38. The Morgan fingerprint density at radius 2 is 1.77 bits per heavy atom. The van der Waals surface area contributed by atoms with Gasteiger partial charge in [0.05, 0.1) is 22.2 Å². The molecule has 2 aromatic carbocycles. The van der Waals surface area contributed by atoms with Crippen LogP contribution in [0.4, 0.5) is 13.2 Å². The zero-order valence-electron chi connectivity index (χ0n) is 16.7. The molecule has 1 amide bonds. The third kappa shape index (κ3) is 4.84. The van der Waals surface area contributed by atoms with Crippen LogP contribution in [-0.4, -0.2) is 29.4 Å². The van der Waals surface area contributed by atoms with Gasteiger partial charge in [0.2, 0.25) is 0 Å². The molecule has 1 aliphatic rings. The highest BCUT2D eigenvalue weighted by molar-refractivity contribution is 9.10. The summed E-state index contributed by atoms with van der Waals surface area (Å²) in [7, 11) is 0. The number of amides is 1. The summed E-state index contributed by atoms with van der Waals surface area (Å²) in [5, 5.41) is 2.37. The van der Waals surface area contributed by atoms with Gasteiger partial charge in [0, 0.05) is 10.0 Å². The normalized spacial score (nSPS) is 16.5. The highest BCUT2D eigenvalue weighted by Gasteiger charge is 2.40. The monoisotopic (exact) mass is 502 g/mol. The summed E-state index contributed by atoms with van der Waals surface area (Å²) in [6, 6.07) is 10.5. The Labute approximate surface area is 187 Å². The zero-order valence-corrected chi connectivity index (χ0v) is 19.0. The van der Waals surface area contributed by atoms with Crippen LogP contribution in [0.1, 0.15) is 54.2 Å². The number of carbonyl (C=O) groups excluding carboxylic acids is 1. The Balaban J connectivity index is 1.99. The predicted molar refractivity (Wildman–Crippen MR) is 116 cm³/mol. The molecule has 0 aromatic heterocycles. The van der Waals surface area contributed by atoms with Gasteiger partial charge in [0.15, 0.2) is 0 Å². The third-order valence-corrected chi connectivity index (χ3v) is 6.53. The molecule has 3 nitrogen and oxygen atoms in total. The Kier molecular flexibility index (Phi) is 6.84. The van der Waals surface area contributed by atoms with Gasteiger partial charge in [-0.2, -0.15) is 13.2 Å². The average Bonchev–Trinajstić information content (AvgIpc) is 3.20. The van der Waals surface area contributed by atoms with Crippen molar-refractivity contribution < 1.29 is 18.0 Å². The minimum Gasteiger partial charge on any atom is -0.343 e. The van der Waals surface area contributed by atoms with Crippen LogP contribution in [-0.2, 0) is 6.18 Å². The number of rotatable bonds is 5. The quantitative estimate of drug-likeness (QED) is 0.507. The van der Waals surface area contributed by atoms with Crippen molar-refractivity contribution in [2.45, 2.75) is 44.4 Å². The van der Waals surface area contributed by atoms with Gasteiger partial charge in [-0.3, -0.25) is 9.69 Å². The van der Waals surface area contributed by atoms with Crippen molar-refractivity contribution >= 4 is 33.4 Å². The maximum Gasteiger partial charge on any atom is 0.417 e. The van der Waals surface area contributed by atoms with Crippen LogP contribution in [0.2, 0.25) is 5.02 Å². The summed E-state index contributed by atoms with van der Waals surface area (Å²) in [5.41, 5.74) is -0.808. The van der Waals surface area contributed by atoms with E-state index >= 15 is 0 Å². The summed E-state index contributed by atoms with van der Waals surface area (Å²) in [6.45, 7) is 5.88. The first-order valence-electron chi connectivity index (χ1n) is 9.69. The van der Waals surface area contributed by atoms with Gasteiger partial charge in [-0.15, -0.1) is 0 Å². The van der Waals surface area contributed by atoms with E-state index in [1.54, 1.807) is 0 Å². The molecule has 1 N–H and O–H groups in total. The maximum atomic E-state index is 13.2. The number of halogens is 5. The van der Waals surface area contributed by atoms with Crippen molar-refractivity contribution in [2.24, 2.45) is 0 Å². The molecule has 8 heteroatoms. The summed E-state index contributed by atoms with van der Waals surface area (Å²) in [6.07, 6.45) is -2.49. The van der Waals surface area contributed by atoms with E-state index in [1.807, 2.05) is 38.1 Å². The molecule has 2 aromatic rings. The van der Waals surface area contributed by atoms with E-state index < -0.39 is 34.3 Å². The topological polar surface area (TPSA) is 32.3 Å². The molecular weight excluding hydrogens is 481 g/mol. The van der Waals surface area contributed by atoms with Crippen LogP contribution in [0, 0.1) is 0 Å². The first-order chi connectivity index (χ1) is 14.0. The smallest absolute Gasteiger partial charge is 0.343 e. The van der Waals surface area contributed by atoms with E-state index in [0.717, 1.165) is 42.0 Å². The first kappa shape index (κ1) is 23.1. The maximum absolute atomic E-state index is 13.2. The Bertz CT molecular complexity index is 927. The summed E-state index contributed by atoms with van der Waals surface area (Å²) in [4.78, 5) is 15.4. The number of nitrogens with one attached hydrogen (secondary N) is 1. The van der Waals surface area contributed by atoms with E-state index in [9.17, 15) is 18.0 Å². The van der Waals surface area contributed by atoms with E-state index in [-0.39, 0.29) is 5.56 Å². The molecule has 162 valence electrons. The Morgan fingerprint density at radius 3 is 2.37 bits per heavy atom. The third-order valence-electron chi connectivity index (χ3n) is 5.63. The van der Waals surface area contributed by atoms with Crippen molar-refractivity contribution in [1.82, 2.24) is 10.2 Å².